The average molecular weight is 555 g/mol. The Bertz CT molecular complexity index is 1090. The fraction of sp³-hybridized carbons (Fsp3) is 0.433. The minimum absolute atomic E-state index is 0.312. The van der Waals surface area contributed by atoms with Gasteiger partial charge in [-0.25, -0.2) is 4.99 Å². The Morgan fingerprint density at radius 3 is 2.25 bits per heavy atom. The number of pyridine rings is 1. The molecular weight excluding hydrogens is 504 g/mol. The van der Waals surface area contributed by atoms with Crippen LogP contribution in [0.1, 0.15) is 45.9 Å². The van der Waals surface area contributed by atoms with Crippen LogP contribution in [0.15, 0.2) is 69.9 Å². The second-order valence-corrected chi connectivity index (χ2v) is 7.69. The van der Waals surface area contributed by atoms with Crippen LogP contribution in [0.5, 0.6) is 11.5 Å². The maximum atomic E-state index is 6.03. The Hall–Kier alpha value is -3.73. The molecule has 10 heteroatoms. The second kappa shape index (κ2) is 22.1. The standard InChI is InChI=1S/C24H30N6O2.C2H8N2.2C2H6/c1-5-19(30-24-27-10-11-31-24)13-18(14-25)23(26-4)29-20-7-9-22(16(2)12-20)32-21-8-6-17(3)28-15-21;1-3-4-2;2*1-2/h5-9,12-13,15H,10-11,14,25H2,1-4H3,(H,26,29)(H,27,30);3-4H,1-2H3;2*1-2H3/b18-13+,19-5+;;;. The molecule has 3 rings (SSSR count). The number of nitrogens with zero attached hydrogens (tertiary/aromatic N) is 3. The zero-order chi connectivity index (χ0) is 30.3. The van der Waals surface area contributed by atoms with Crippen LogP contribution >= 0.6 is 0 Å². The number of nitrogens with one attached hydrogen (secondary N) is 4. The van der Waals surface area contributed by atoms with Gasteiger partial charge in [-0.3, -0.25) is 20.8 Å². The largest absolute Gasteiger partial charge is 0.463 e. The minimum atomic E-state index is 0.312. The normalized spacial score (nSPS) is 12.8. The summed E-state index contributed by atoms with van der Waals surface area (Å²) >= 11 is 0. The number of hydrazine groups is 1. The highest BCUT2D eigenvalue weighted by molar-refractivity contribution is 6.08. The van der Waals surface area contributed by atoms with E-state index < -0.39 is 0 Å². The minimum Gasteiger partial charge on any atom is -0.463 e. The smallest absolute Gasteiger partial charge is 0.289 e. The van der Waals surface area contributed by atoms with Gasteiger partial charge in [0.15, 0.2) is 0 Å². The number of allylic oxidation sites excluding steroid dienone is 2. The molecule has 0 fully saturated rings. The van der Waals surface area contributed by atoms with Gasteiger partial charge < -0.3 is 25.8 Å². The van der Waals surface area contributed by atoms with E-state index in [0.29, 0.717) is 37.3 Å². The van der Waals surface area contributed by atoms with E-state index in [0.717, 1.165) is 34.0 Å². The lowest BCUT2D eigenvalue weighted by Crippen LogP contribution is -2.25. The van der Waals surface area contributed by atoms with Crippen LogP contribution in [0.4, 0.5) is 5.69 Å². The Morgan fingerprint density at radius 2 is 1.77 bits per heavy atom. The van der Waals surface area contributed by atoms with Crippen molar-refractivity contribution in [2.24, 2.45) is 15.7 Å². The number of anilines is 1. The first-order chi connectivity index (χ1) is 19.4. The van der Waals surface area contributed by atoms with Crippen LogP contribution in [0, 0.1) is 13.8 Å². The summed E-state index contributed by atoms with van der Waals surface area (Å²) in [5, 5.41) is 6.53. The zero-order valence-corrected chi connectivity index (χ0v) is 26.0. The molecule has 2 heterocycles. The summed E-state index contributed by atoms with van der Waals surface area (Å²) < 4.78 is 11.4. The van der Waals surface area contributed by atoms with Gasteiger partial charge in [0.1, 0.15) is 23.9 Å². The molecule has 0 amide bonds. The number of rotatable bonds is 8. The van der Waals surface area contributed by atoms with Crippen LogP contribution < -0.4 is 32.0 Å². The molecule has 0 atom stereocenters. The maximum Gasteiger partial charge on any atom is 0.289 e. The Labute approximate surface area is 241 Å². The summed E-state index contributed by atoms with van der Waals surface area (Å²) in [5.74, 6) is 2.15. The quantitative estimate of drug-likeness (QED) is 0.132. The van der Waals surface area contributed by atoms with Crippen molar-refractivity contribution in [2.75, 3.05) is 46.2 Å². The highest BCUT2D eigenvalue weighted by Gasteiger charge is 2.11. The second-order valence-electron chi connectivity index (χ2n) is 7.69. The number of hydrogen-bond acceptors (Lipinski definition) is 9. The van der Waals surface area contributed by atoms with E-state index >= 15 is 0 Å². The first kappa shape index (κ1) is 36.3. The SMILES string of the molecule is C/C=C(\C=C(/CN)C(=NC)Nc1ccc(Oc2ccc(C)nc2)c(C)c1)NC1=NCCO1.CC.CC.CNNC. The lowest BCUT2D eigenvalue weighted by molar-refractivity contribution is 0.335. The molecule has 40 heavy (non-hydrogen) atoms. The first-order valence-corrected chi connectivity index (χ1v) is 13.7. The summed E-state index contributed by atoms with van der Waals surface area (Å²) in [6.45, 7) is 15.4. The molecule has 0 radical (unpaired) electrons. The number of hydrogen-bond donors (Lipinski definition) is 5. The Balaban J connectivity index is 0.00000171. The summed E-state index contributed by atoms with van der Waals surface area (Å²) in [5.41, 5.74) is 15.9. The molecule has 0 unspecified atom stereocenters. The molecule has 0 bridgehead atoms. The molecule has 1 aliphatic rings. The third kappa shape index (κ3) is 13.4. The fourth-order valence-electron chi connectivity index (χ4n) is 3.04. The molecule has 6 N–H and O–H groups in total. The highest BCUT2D eigenvalue weighted by atomic mass is 16.5. The number of aryl methyl sites for hydroxylation is 2. The van der Waals surface area contributed by atoms with E-state index in [1.165, 1.54) is 0 Å². The number of aromatic nitrogens is 1. The lowest BCUT2D eigenvalue weighted by atomic mass is 10.1. The summed E-state index contributed by atoms with van der Waals surface area (Å²) in [4.78, 5) is 12.9. The molecule has 1 aromatic heterocycles. The molecule has 0 aliphatic carbocycles. The van der Waals surface area contributed by atoms with Gasteiger partial charge in [0.25, 0.3) is 6.02 Å². The maximum absolute atomic E-state index is 6.03. The van der Waals surface area contributed by atoms with E-state index in [4.69, 9.17) is 15.2 Å². The van der Waals surface area contributed by atoms with E-state index in [2.05, 4.69) is 36.5 Å². The summed E-state index contributed by atoms with van der Waals surface area (Å²) in [6.07, 6.45) is 5.59. The highest BCUT2D eigenvalue weighted by Crippen LogP contribution is 2.27. The third-order valence-corrected chi connectivity index (χ3v) is 5.02. The van der Waals surface area contributed by atoms with Crippen molar-refractivity contribution in [3.8, 4) is 11.5 Å². The summed E-state index contributed by atoms with van der Waals surface area (Å²) in [7, 11) is 5.37. The van der Waals surface area contributed by atoms with Gasteiger partial charge in [0.2, 0.25) is 0 Å². The van der Waals surface area contributed by atoms with Crippen LogP contribution in [-0.2, 0) is 4.74 Å². The molecule has 0 saturated carbocycles. The van der Waals surface area contributed by atoms with Gasteiger partial charge in [0, 0.05) is 36.2 Å². The number of ether oxygens (including phenoxy) is 2. The average Bonchev–Trinajstić information content (AvgIpc) is 3.52. The van der Waals surface area contributed by atoms with Gasteiger partial charge in [0.05, 0.1) is 12.7 Å². The number of benzene rings is 1. The van der Waals surface area contributed by atoms with Crippen LogP contribution in [0.3, 0.4) is 0 Å². The third-order valence-electron chi connectivity index (χ3n) is 5.02. The van der Waals surface area contributed by atoms with Crippen LogP contribution in [-0.4, -0.2) is 57.7 Å². The van der Waals surface area contributed by atoms with Gasteiger partial charge >= 0.3 is 0 Å². The predicted octanol–water partition coefficient (Wildman–Crippen LogP) is 5.09. The van der Waals surface area contributed by atoms with E-state index in [1.807, 2.05) is 105 Å². The lowest BCUT2D eigenvalue weighted by Gasteiger charge is -2.15. The Morgan fingerprint density at radius 1 is 1.07 bits per heavy atom. The first-order valence-electron chi connectivity index (χ1n) is 13.7. The van der Waals surface area contributed by atoms with Crippen molar-refractivity contribution in [2.45, 2.75) is 48.5 Å². The fourth-order valence-corrected chi connectivity index (χ4v) is 3.04. The van der Waals surface area contributed by atoms with E-state index in [-0.39, 0.29) is 0 Å². The monoisotopic (exact) mass is 554 g/mol. The van der Waals surface area contributed by atoms with Gasteiger partial charge in [-0.1, -0.05) is 33.8 Å². The number of amidine groups is 2. The zero-order valence-electron chi connectivity index (χ0n) is 26.0. The van der Waals surface area contributed by atoms with Crippen molar-refractivity contribution in [3.05, 3.63) is 71.2 Å². The predicted molar refractivity (Wildman–Crippen MR) is 170 cm³/mol. The topological polar surface area (TPSA) is 130 Å². The molecule has 1 aliphatic heterocycles. The molecular formula is C30H50N8O2. The molecule has 0 spiro atoms. The van der Waals surface area contributed by atoms with E-state index in [9.17, 15) is 0 Å². The van der Waals surface area contributed by atoms with Crippen molar-refractivity contribution < 1.29 is 9.47 Å². The van der Waals surface area contributed by atoms with Crippen molar-refractivity contribution >= 4 is 17.5 Å². The molecule has 10 nitrogen and oxygen atoms in total. The van der Waals surface area contributed by atoms with Gasteiger partial charge in [-0.2, -0.15) is 0 Å². The molecule has 1 aromatic carbocycles. The van der Waals surface area contributed by atoms with Crippen molar-refractivity contribution in [3.63, 3.8) is 0 Å². The van der Waals surface area contributed by atoms with Gasteiger partial charge in [-0.05, 0) is 76.8 Å². The summed E-state index contributed by atoms with van der Waals surface area (Å²) in [6, 6.07) is 10.2. The van der Waals surface area contributed by atoms with Crippen LogP contribution in [0.25, 0.3) is 0 Å². The molecule has 2 aromatic rings. The van der Waals surface area contributed by atoms with Crippen molar-refractivity contribution in [1.82, 2.24) is 21.2 Å². The number of aliphatic imine (C=N–C) groups is 2. The molecule has 222 valence electrons. The number of nitrogens with two attached hydrogens (primary N) is 1. The van der Waals surface area contributed by atoms with Crippen LogP contribution in [0.2, 0.25) is 0 Å². The van der Waals surface area contributed by atoms with Crippen molar-refractivity contribution in [1.29, 1.82) is 0 Å². The van der Waals surface area contributed by atoms with E-state index in [1.54, 1.807) is 13.2 Å². The Kier molecular flexibility index (Phi) is 20.1. The molecule has 0 saturated heterocycles. The van der Waals surface area contributed by atoms with Gasteiger partial charge in [-0.15, -0.1) is 0 Å².